The molecule has 0 aliphatic carbocycles. The number of aromatic nitrogens is 4. The lowest BCUT2D eigenvalue weighted by molar-refractivity contribution is -0.121. The number of aryl methyl sites for hydroxylation is 1. The zero-order chi connectivity index (χ0) is 18.4. The molecule has 132 valence electrons. The molecule has 0 bridgehead atoms. The Kier molecular flexibility index (Phi) is 5.48. The number of amides is 1. The molecule has 0 spiro atoms. The molecule has 0 saturated carbocycles. The van der Waals surface area contributed by atoms with Gasteiger partial charge in [-0.2, -0.15) is 0 Å². The summed E-state index contributed by atoms with van der Waals surface area (Å²) in [4.78, 5) is 39.4. The summed E-state index contributed by atoms with van der Waals surface area (Å²) >= 11 is 0. The summed E-state index contributed by atoms with van der Waals surface area (Å²) in [5.41, 5.74) is 1.83. The minimum Gasteiger partial charge on any atom is -0.348 e. The number of carbonyl (C=O) groups excluding carboxylic acids is 1. The van der Waals surface area contributed by atoms with Crippen LogP contribution in [0.3, 0.4) is 0 Å². The summed E-state index contributed by atoms with van der Waals surface area (Å²) in [5.74, 6) is 0.279. The van der Waals surface area contributed by atoms with Crippen LogP contribution in [0.2, 0.25) is 0 Å². The summed E-state index contributed by atoms with van der Waals surface area (Å²) in [6, 6.07) is 10.1. The number of carbonyl (C=O) groups is 1. The lowest BCUT2D eigenvalue weighted by Crippen LogP contribution is -2.28. The molecule has 3 aromatic rings. The predicted molar refractivity (Wildman–Crippen MR) is 97.2 cm³/mol. The molecular formula is C19H19N5O2. The maximum atomic E-state index is 12.2. The molecule has 3 rings (SSSR count). The largest absolute Gasteiger partial charge is 0.348 e. The lowest BCUT2D eigenvalue weighted by atomic mass is 10.1. The fourth-order valence-electron chi connectivity index (χ4n) is 2.52. The van der Waals surface area contributed by atoms with Gasteiger partial charge in [-0.15, -0.1) is 0 Å². The molecule has 2 N–H and O–H groups in total. The highest BCUT2D eigenvalue weighted by molar-refractivity contribution is 5.76. The quantitative estimate of drug-likeness (QED) is 0.709. The van der Waals surface area contributed by atoms with Crippen molar-refractivity contribution in [3.63, 3.8) is 0 Å². The van der Waals surface area contributed by atoms with Gasteiger partial charge < -0.3 is 10.3 Å². The summed E-state index contributed by atoms with van der Waals surface area (Å²) in [6.07, 6.45) is 6.02. The number of hydrogen-bond acceptors (Lipinski definition) is 5. The summed E-state index contributed by atoms with van der Waals surface area (Å²) in [5, 5.41) is 2.88. The smallest absolute Gasteiger partial charge is 0.251 e. The van der Waals surface area contributed by atoms with Gasteiger partial charge in [0.05, 0.1) is 11.7 Å². The van der Waals surface area contributed by atoms with Crippen LogP contribution in [-0.2, 0) is 11.2 Å². The Bertz CT molecular complexity index is 925. The fraction of sp³-hybridized carbons (Fsp3) is 0.211. The van der Waals surface area contributed by atoms with Crippen LogP contribution in [0.5, 0.6) is 0 Å². The molecule has 0 aliphatic heterocycles. The number of pyridine rings is 2. The van der Waals surface area contributed by atoms with Crippen LogP contribution in [0, 0.1) is 0 Å². The van der Waals surface area contributed by atoms with Crippen molar-refractivity contribution in [2.24, 2.45) is 0 Å². The van der Waals surface area contributed by atoms with Crippen LogP contribution in [0.4, 0.5) is 0 Å². The van der Waals surface area contributed by atoms with Gasteiger partial charge >= 0.3 is 0 Å². The van der Waals surface area contributed by atoms with Gasteiger partial charge in [-0.05, 0) is 43.2 Å². The number of hydrogen-bond donors (Lipinski definition) is 2. The van der Waals surface area contributed by atoms with Crippen LogP contribution in [0.15, 0.2) is 59.8 Å². The van der Waals surface area contributed by atoms with Crippen LogP contribution in [0.1, 0.15) is 30.6 Å². The van der Waals surface area contributed by atoms with Gasteiger partial charge in [0.25, 0.3) is 5.56 Å². The first-order chi connectivity index (χ1) is 12.6. The Morgan fingerprint density at radius 1 is 1.19 bits per heavy atom. The molecule has 0 aliphatic rings. The molecule has 7 nitrogen and oxygen atoms in total. The van der Waals surface area contributed by atoms with E-state index in [2.05, 4.69) is 25.3 Å². The third-order valence-corrected chi connectivity index (χ3v) is 3.88. The standard InChI is InChI=1S/C19H19N5O2/c1-13(22-17(25)6-5-14-7-10-20-11-8-14)16-12-18(26)24-19(23-16)15-4-2-3-9-21-15/h2-4,7-13H,5-6H2,1H3,(H,22,25)(H,23,24,26). The molecule has 26 heavy (non-hydrogen) atoms. The van der Waals surface area contributed by atoms with Gasteiger partial charge in [-0.25, -0.2) is 4.98 Å². The van der Waals surface area contributed by atoms with Crippen molar-refractivity contribution in [3.05, 3.63) is 76.6 Å². The number of nitrogens with one attached hydrogen (secondary N) is 2. The number of rotatable bonds is 6. The van der Waals surface area contributed by atoms with E-state index in [9.17, 15) is 9.59 Å². The average molecular weight is 349 g/mol. The molecule has 1 amide bonds. The number of aromatic amines is 1. The summed E-state index contributed by atoms with van der Waals surface area (Å²) < 4.78 is 0. The molecule has 0 aromatic carbocycles. The second-order valence-corrected chi connectivity index (χ2v) is 5.88. The summed E-state index contributed by atoms with van der Waals surface area (Å²) in [6.45, 7) is 1.80. The third kappa shape index (κ3) is 4.60. The average Bonchev–Trinajstić information content (AvgIpc) is 2.67. The molecule has 0 radical (unpaired) electrons. The van der Waals surface area contributed by atoms with E-state index in [0.717, 1.165) is 5.56 Å². The van der Waals surface area contributed by atoms with E-state index in [1.54, 1.807) is 37.6 Å². The minimum absolute atomic E-state index is 0.101. The Morgan fingerprint density at radius 3 is 2.73 bits per heavy atom. The molecule has 3 heterocycles. The van der Waals surface area contributed by atoms with Gasteiger partial charge in [0.2, 0.25) is 5.91 Å². The van der Waals surface area contributed by atoms with E-state index in [-0.39, 0.29) is 17.5 Å². The normalized spacial score (nSPS) is 11.7. The Morgan fingerprint density at radius 2 is 2.00 bits per heavy atom. The van der Waals surface area contributed by atoms with E-state index >= 15 is 0 Å². The van der Waals surface area contributed by atoms with E-state index in [1.807, 2.05) is 18.2 Å². The second-order valence-electron chi connectivity index (χ2n) is 5.88. The van der Waals surface area contributed by atoms with Crippen LogP contribution in [-0.4, -0.2) is 25.8 Å². The number of nitrogens with zero attached hydrogens (tertiary/aromatic N) is 3. The van der Waals surface area contributed by atoms with Crippen molar-refractivity contribution in [1.82, 2.24) is 25.3 Å². The van der Waals surface area contributed by atoms with Gasteiger partial charge in [0.1, 0.15) is 5.69 Å². The SMILES string of the molecule is CC(NC(=O)CCc1ccncc1)c1cc(=O)[nH]c(-c2ccccn2)n1. The van der Waals surface area contributed by atoms with Gasteiger partial charge in [-0.3, -0.25) is 19.6 Å². The maximum Gasteiger partial charge on any atom is 0.251 e. The van der Waals surface area contributed by atoms with E-state index < -0.39 is 0 Å². The van der Waals surface area contributed by atoms with Gasteiger partial charge in [0.15, 0.2) is 5.82 Å². The van der Waals surface area contributed by atoms with Gasteiger partial charge in [0, 0.05) is 31.1 Å². The zero-order valence-corrected chi connectivity index (χ0v) is 14.3. The fourth-order valence-corrected chi connectivity index (χ4v) is 2.52. The lowest BCUT2D eigenvalue weighted by Gasteiger charge is -2.14. The third-order valence-electron chi connectivity index (χ3n) is 3.88. The summed E-state index contributed by atoms with van der Waals surface area (Å²) in [7, 11) is 0. The van der Waals surface area contributed by atoms with Crippen molar-refractivity contribution in [1.29, 1.82) is 0 Å². The van der Waals surface area contributed by atoms with Crippen molar-refractivity contribution in [2.75, 3.05) is 0 Å². The Labute approximate surface area is 150 Å². The minimum atomic E-state index is -0.385. The van der Waals surface area contributed by atoms with Crippen LogP contribution >= 0.6 is 0 Å². The van der Waals surface area contributed by atoms with Crippen molar-refractivity contribution >= 4 is 5.91 Å². The first-order valence-corrected chi connectivity index (χ1v) is 8.33. The molecule has 0 saturated heterocycles. The van der Waals surface area contributed by atoms with Crippen molar-refractivity contribution < 1.29 is 4.79 Å². The van der Waals surface area contributed by atoms with Crippen LogP contribution < -0.4 is 10.9 Å². The molecule has 1 unspecified atom stereocenters. The van der Waals surface area contributed by atoms with E-state index in [0.29, 0.717) is 30.1 Å². The molecular weight excluding hydrogens is 330 g/mol. The van der Waals surface area contributed by atoms with Crippen molar-refractivity contribution in [2.45, 2.75) is 25.8 Å². The first-order valence-electron chi connectivity index (χ1n) is 8.33. The monoisotopic (exact) mass is 349 g/mol. The van der Waals surface area contributed by atoms with Crippen molar-refractivity contribution in [3.8, 4) is 11.5 Å². The highest BCUT2D eigenvalue weighted by atomic mass is 16.1. The Hall–Kier alpha value is -3.35. The molecule has 3 aromatic heterocycles. The first kappa shape index (κ1) is 17.5. The highest BCUT2D eigenvalue weighted by Crippen LogP contribution is 2.13. The molecule has 1 atom stereocenters. The van der Waals surface area contributed by atoms with E-state index in [1.165, 1.54) is 6.07 Å². The van der Waals surface area contributed by atoms with E-state index in [4.69, 9.17) is 0 Å². The second kappa shape index (κ2) is 8.15. The molecule has 7 heteroatoms. The predicted octanol–water partition coefficient (Wildman–Crippen LogP) is 2.04. The molecule has 0 fully saturated rings. The van der Waals surface area contributed by atoms with Gasteiger partial charge in [-0.1, -0.05) is 6.07 Å². The zero-order valence-electron chi connectivity index (χ0n) is 14.3. The highest BCUT2D eigenvalue weighted by Gasteiger charge is 2.14. The number of H-pyrrole nitrogens is 1. The maximum absolute atomic E-state index is 12.2. The Balaban J connectivity index is 1.67. The topological polar surface area (TPSA) is 101 Å². The van der Waals surface area contributed by atoms with Crippen LogP contribution in [0.25, 0.3) is 11.5 Å².